The number of ether oxygens (including phenoxy) is 8. The summed E-state index contributed by atoms with van der Waals surface area (Å²) >= 11 is 0. The van der Waals surface area contributed by atoms with E-state index in [9.17, 15) is 14.7 Å². The Morgan fingerprint density at radius 2 is 1.47 bits per heavy atom. The number of aliphatic hydroxyl groups is 1. The van der Waals surface area contributed by atoms with E-state index in [1.54, 1.807) is 19.1 Å². The van der Waals surface area contributed by atoms with Gasteiger partial charge < -0.3 is 43.0 Å². The van der Waals surface area contributed by atoms with Crippen LogP contribution in [0.2, 0.25) is 0 Å². The zero-order valence-electron chi connectivity index (χ0n) is 22.6. The lowest BCUT2D eigenvalue weighted by atomic mass is 9.71. The van der Waals surface area contributed by atoms with Crippen LogP contribution >= 0.6 is 0 Å². The van der Waals surface area contributed by atoms with Gasteiger partial charge in [-0.25, -0.2) is 0 Å². The molecule has 11 heteroatoms. The van der Waals surface area contributed by atoms with Crippen molar-refractivity contribution in [3.63, 3.8) is 0 Å². The van der Waals surface area contributed by atoms with Gasteiger partial charge in [-0.1, -0.05) is 6.92 Å². The minimum Gasteiger partial charge on any atom is -0.493 e. The van der Waals surface area contributed by atoms with Gasteiger partial charge in [-0.15, -0.1) is 0 Å². The third kappa shape index (κ3) is 4.20. The molecule has 4 unspecified atom stereocenters. The summed E-state index contributed by atoms with van der Waals surface area (Å²) in [7, 11) is 5.82. The molecule has 0 aromatic heterocycles. The molecule has 0 bridgehead atoms. The molecule has 0 fully saturated rings. The van der Waals surface area contributed by atoms with E-state index in [2.05, 4.69) is 0 Å². The van der Waals surface area contributed by atoms with E-state index in [0.717, 1.165) is 0 Å². The monoisotopic (exact) mass is 532 g/mol. The van der Waals surface area contributed by atoms with Gasteiger partial charge in [0.05, 0.1) is 28.4 Å². The summed E-state index contributed by atoms with van der Waals surface area (Å²) in [5, 5.41) is 12.0. The lowest BCUT2D eigenvalue weighted by Gasteiger charge is -2.43. The van der Waals surface area contributed by atoms with E-state index >= 15 is 0 Å². The molecule has 0 saturated carbocycles. The number of carbonyl (C=O) groups excluding carboxylic acids is 2. The predicted octanol–water partition coefficient (Wildman–Crippen LogP) is 3.73. The number of fused-ring (bicyclic) bond motifs is 4. The van der Waals surface area contributed by atoms with E-state index < -0.39 is 35.7 Å². The average molecular weight is 533 g/mol. The summed E-state index contributed by atoms with van der Waals surface area (Å²) in [6.07, 6.45) is -2.27. The Labute approximate surface area is 220 Å². The van der Waals surface area contributed by atoms with Gasteiger partial charge in [-0.3, -0.25) is 9.59 Å². The first-order chi connectivity index (χ1) is 18.0. The van der Waals surface area contributed by atoms with Gasteiger partial charge >= 0.3 is 11.9 Å². The van der Waals surface area contributed by atoms with E-state index in [4.69, 9.17) is 37.9 Å². The van der Waals surface area contributed by atoms with Gasteiger partial charge in [0.2, 0.25) is 18.3 Å². The molecule has 0 saturated heterocycles. The summed E-state index contributed by atoms with van der Waals surface area (Å²) in [6, 6.07) is 3.30. The van der Waals surface area contributed by atoms with E-state index in [0.29, 0.717) is 33.8 Å². The van der Waals surface area contributed by atoms with Crippen LogP contribution in [0.25, 0.3) is 11.1 Å². The minimum absolute atomic E-state index is 0.0495. The van der Waals surface area contributed by atoms with Crippen LogP contribution in [0.4, 0.5) is 0 Å². The molecule has 1 N–H and O–H groups in total. The summed E-state index contributed by atoms with van der Waals surface area (Å²) in [4.78, 5) is 24.7. The predicted molar refractivity (Wildman–Crippen MR) is 133 cm³/mol. The number of methoxy groups -OCH3 is 4. The normalized spacial score (nSPS) is 23.2. The van der Waals surface area contributed by atoms with Gasteiger partial charge in [0.15, 0.2) is 29.1 Å². The Hall–Kier alpha value is -3.86. The maximum atomic E-state index is 12.4. The maximum absolute atomic E-state index is 12.4. The van der Waals surface area contributed by atoms with Crippen LogP contribution in [0, 0.1) is 5.92 Å². The zero-order chi connectivity index (χ0) is 27.9. The summed E-state index contributed by atoms with van der Waals surface area (Å²) in [5.41, 5.74) is -0.151. The van der Waals surface area contributed by atoms with E-state index in [1.165, 1.54) is 49.2 Å². The molecule has 4 atom stereocenters. The largest absolute Gasteiger partial charge is 0.493 e. The molecule has 0 radical (unpaired) electrons. The highest BCUT2D eigenvalue weighted by Gasteiger charge is 2.51. The van der Waals surface area contributed by atoms with Crippen LogP contribution in [0.5, 0.6) is 34.5 Å². The number of benzene rings is 2. The fourth-order valence-electron chi connectivity index (χ4n) is 5.17. The zero-order valence-corrected chi connectivity index (χ0v) is 22.6. The first-order valence-corrected chi connectivity index (χ1v) is 11.9. The molecule has 2 aromatic carbocycles. The maximum Gasteiger partial charge on any atom is 0.303 e. The first kappa shape index (κ1) is 27.2. The molecule has 0 spiro atoms. The fourth-order valence-corrected chi connectivity index (χ4v) is 5.17. The van der Waals surface area contributed by atoms with E-state index in [1.807, 2.05) is 0 Å². The quantitative estimate of drug-likeness (QED) is 0.547. The van der Waals surface area contributed by atoms with Crippen LogP contribution < -0.4 is 28.4 Å². The van der Waals surface area contributed by atoms with Gasteiger partial charge in [-0.05, 0) is 19.1 Å². The third-order valence-corrected chi connectivity index (χ3v) is 7.04. The van der Waals surface area contributed by atoms with Crippen LogP contribution in [0.1, 0.15) is 51.0 Å². The summed E-state index contributed by atoms with van der Waals surface area (Å²) < 4.78 is 45.9. The van der Waals surface area contributed by atoms with Gasteiger partial charge in [0.1, 0.15) is 11.7 Å². The Kier molecular flexibility index (Phi) is 7.24. The number of carbonyl (C=O) groups is 2. The lowest BCUT2D eigenvalue weighted by molar-refractivity contribution is -0.183. The Balaban J connectivity index is 2.27. The number of esters is 2. The number of hydrogen-bond acceptors (Lipinski definition) is 11. The van der Waals surface area contributed by atoms with Crippen molar-refractivity contribution in [2.24, 2.45) is 5.92 Å². The lowest BCUT2D eigenvalue weighted by Crippen LogP contribution is -2.46. The van der Waals surface area contributed by atoms with Crippen molar-refractivity contribution >= 4 is 11.9 Å². The smallest absolute Gasteiger partial charge is 0.303 e. The second kappa shape index (κ2) is 10.1. The molecule has 1 heterocycles. The van der Waals surface area contributed by atoms with Gasteiger partial charge in [0.25, 0.3) is 0 Å². The van der Waals surface area contributed by atoms with Crippen molar-refractivity contribution in [3.8, 4) is 45.6 Å². The van der Waals surface area contributed by atoms with Crippen molar-refractivity contribution in [2.45, 2.75) is 45.5 Å². The van der Waals surface area contributed by atoms with Gasteiger partial charge in [0, 0.05) is 42.0 Å². The van der Waals surface area contributed by atoms with Crippen molar-refractivity contribution in [2.75, 3.05) is 35.2 Å². The van der Waals surface area contributed by atoms with Crippen molar-refractivity contribution in [1.82, 2.24) is 0 Å². The van der Waals surface area contributed by atoms with Crippen LogP contribution in [0.15, 0.2) is 12.1 Å². The molecular weight excluding hydrogens is 500 g/mol. The Morgan fingerprint density at radius 3 is 2.03 bits per heavy atom. The SMILES string of the molecule is COc1cc2c(c(OC)c1OC)-c1c(cc3c(c1OC)OCO3)C(OC(C)=O)C(C)C(C)(O)C2OC(C)=O. The van der Waals surface area contributed by atoms with E-state index in [-0.39, 0.29) is 29.8 Å². The molecule has 4 rings (SSSR count). The highest BCUT2D eigenvalue weighted by molar-refractivity contribution is 5.89. The Bertz CT molecular complexity index is 1270. The summed E-state index contributed by atoms with van der Waals surface area (Å²) in [6.45, 7) is 5.69. The average Bonchev–Trinajstić information content (AvgIpc) is 3.35. The number of rotatable bonds is 6. The molecule has 1 aliphatic heterocycles. The molecule has 0 amide bonds. The van der Waals surface area contributed by atoms with Crippen molar-refractivity contribution in [3.05, 3.63) is 23.3 Å². The fraction of sp³-hybridized carbons (Fsp3) is 0.481. The topological polar surface area (TPSA) is 128 Å². The molecule has 1 aliphatic carbocycles. The molecule has 206 valence electrons. The minimum atomic E-state index is -1.76. The first-order valence-electron chi connectivity index (χ1n) is 11.9. The molecular formula is C27H32O11. The summed E-state index contributed by atoms with van der Waals surface area (Å²) in [5.74, 6) is -0.290. The second-order valence-electron chi connectivity index (χ2n) is 9.25. The number of hydrogen-bond donors (Lipinski definition) is 1. The van der Waals surface area contributed by atoms with Crippen molar-refractivity contribution in [1.29, 1.82) is 0 Å². The molecule has 38 heavy (non-hydrogen) atoms. The van der Waals surface area contributed by atoms with Crippen LogP contribution in [-0.2, 0) is 19.1 Å². The Morgan fingerprint density at radius 1 is 0.868 bits per heavy atom. The highest BCUT2D eigenvalue weighted by atomic mass is 16.7. The highest BCUT2D eigenvalue weighted by Crippen LogP contribution is 2.61. The third-order valence-electron chi connectivity index (χ3n) is 7.04. The second-order valence-corrected chi connectivity index (χ2v) is 9.25. The standard InChI is InChI=1S/C27H32O11/c1-12-21(37-13(2)28)15-9-18-23(36-11-35-18)25(34-8)19(15)20-16(26(27(12,4)30)38-14(3)29)10-17(31-5)22(32-6)24(20)33-7/h9-10,12,21,26,30H,11H2,1-8H3. The molecule has 2 aliphatic rings. The van der Waals surface area contributed by atoms with Gasteiger partial charge in [-0.2, -0.15) is 0 Å². The molecule has 2 aromatic rings. The van der Waals surface area contributed by atoms with Crippen LogP contribution in [-0.4, -0.2) is 57.9 Å². The molecule has 11 nitrogen and oxygen atoms in total. The van der Waals surface area contributed by atoms with Crippen LogP contribution in [0.3, 0.4) is 0 Å². The van der Waals surface area contributed by atoms with Crippen molar-refractivity contribution < 1.29 is 52.6 Å².